The molecule has 1 aliphatic rings. The van der Waals surface area contributed by atoms with Gasteiger partial charge in [-0.2, -0.15) is 0 Å². The summed E-state index contributed by atoms with van der Waals surface area (Å²) in [6.07, 6.45) is 2.19. The summed E-state index contributed by atoms with van der Waals surface area (Å²) < 4.78 is 5.11. The molecule has 1 fully saturated rings. The fraction of sp³-hybridized carbons (Fsp3) is 0.389. The molecule has 5 heteroatoms. The maximum atomic E-state index is 11.9. The van der Waals surface area contributed by atoms with Gasteiger partial charge in [0.05, 0.1) is 0 Å². The molecule has 122 valence electrons. The van der Waals surface area contributed by atoms with Gasteiger partial charge in [0.25, 0.3) is 5.91 Å². The second-order valence-electron chi connectivity index (χ2n) is 6.00. The molecule has 1 aromatic carbocycles. The maximum absolute atomic E-state index is 11.9. The monoisotopic (exact) mass is 332 g/mol. The summed E-state index contributed by atoms with van der Waals surface area (Å²) in [6.45, 7) is 3.88. The Morgan fingerprint density at radius 3 is 2.83 bits per heavy atom. The zero-order valence-electron chi connectivity index (χ0n) is 13.0. The molecule has 2 heterocycles. The Labute approximate surface area is 141 Å². The molecule has 2 aromatic rings. The first-order valence-corrected chi connectivity index (χ1v) is 8.38. The van der Waals surface area contributed by atoms with E-state index in [1.54, 1.807) is 12.1 Å². The Morgan fingerprint density at radius 2 is 2.09 bits per heavy atom. The predicted molar refractivity (Wildman–Crippen MR) is 90.7 cm³/mol. The van der Waals surface area contributed by atoms with E-state index in [9.17, 15) is 4.79 Å². The lowest BCUT2D eigenvalue weighted by atomic mass is 10.1. The summed E-state index contributed by atoms with van der Waals surface area (Å²) in [6, 6.07) is 13.7. The highest BCUT2D eigenvalue weighted by Gasteiger charge is 2.23. The van der Waals surface area contributed by atoms with Crippen LogP contribution in [-0.4, -0.2) is 37.0 Å². The van der Waals surface area contributed by atoms with Crippen molar-refractivity contribution in [3.8, 4) is 0 Å². The van der Waals surface area contributed by atoms with Crippen LogP contribution in [0, 0.1) is 5.92 Å². The number of hydrogen-bond donors (Lipinski definition) is 1. The second kappa shape index (κ2) is 7.66. The second-order valence-corrected chi connectivity index (χ2v) is 6.38. The van der Waals surface area contributed by atoms with E-state index < -0.39 is 0 Å². The van der Waals surface area contributed by atoms with Gasteiger partial charge in [-0.15, -0.1) is 0 Å². The number of carbonyl (C=O) groups is 1. The first-order chi connectivity index (χ1) is 11.2. The quantitative estimate of drug-likeness (QED) is 0.883. The van der Waals surface area contributed by atoms with Crippen LogP contribution >= 0.6 is 11.6 Å². The number of benzene rings is 1. The van der Waals surface area contributed by atoms with E-state index in [0.717, 1.165) is 32.5 Å². The third kappa shape index (κ3) is 4.60. The van der Waals surface area contributed by atoms with Crippen LogP contribution in [0.4, 0.5) is 0 Å². The smallest absolute Gasteiger partial charge is 0.287 e. The normalized spacial score (nSPS) is 18.2. The van der Waals surface area contributed by atoms with E-state index in [4.69, 9.17) is 16.0 Å². The first-order valence-electron chi connectivity index (χ1n) is 8.00. The summed E-state index contributed by atoms with van der Waals surface area (Å²) in [4.78, 5) is 14.4. The van der Waals surface area contributed by atoms with Gasteiger partial charge in [0.1, 0.15) is 0 Å². The van der Waals surface area contributed by atoms with Crippen LogP contribution in [0.2, 0.25) is 5.22 Å². The zero-order valence-corrected chi connectivity index (χ0v) is 13.8. The largest absolute Gasteiger partial charge is 0.440 e. The van der Waals surface area contributed by atoms with Gasteiger partial charge < -0.3 is 14.6 Å². The summed E-state index contributed by atoms with van der Waals surface area (Å²) in [5, 5.41) is 3.17. The van der Waals surface area contributed by atoms with Gasteiger partial charge in [-0.3, -0.25) is 4.79 Å². The van der Waals surface area contributed by atoms with Crippen molar-refractivity contribution < 1.29 is 9.21 Å². The Balaban J connectivity index is 1.39. The number of rotatable bonds is 6. The third-order valence-electron chi connectivity index (χ3n) is 4.28. The number of carbonyl (C=O) groups excluding carboxylic acids is 1. The van der Waals surface area contributed by atoms with Crippen LogP contribution < -0.4 is 5.32 Å². The van der Waals surface area contributed by atoms with E-state index in [1.807, 2.05) is 6.07 Å². The van der Waals surface area contributed by atoms with Crippen molar-refractivity contribution in [3.05, 3.63) is 59.0 Å². The third-order valence-corrected chi connectivity index (χ3v) is 4.48. The molecule has 4 nitrogen and oxygen atoms in total. The minimum Gasteiger partial charge on any atom is -0.440 e. The van der Waals surface area contributed by atoms with Crippen molar-refractivity contribution >= 4 is 17.5 Å². The van der Waals surface area contributed by atoms with Crippen LogP contribution in [0.1, 0.15) is 22.5 Å². The Kier molecular flexibility index (Phi) is 5.36. The van der Waals surface area contributed by atoms with E-state index in [2.05, 4.69) is 34.5 Å². The number of nitrogens with zero attached hydrogens (tertiary/aromatic N) is 1. The van der Waals surface area contributed by atoms with Crippen LogP contribution in [0.5, 0.6) is 0 Å². The van der Waals surface area contributed by atoms with Gasteiger partial charge in [-0.1, -0.05) is 30.3 Å². The molecule has 23 heavy (non-hydrogen) atoms. The molecule has 1 saturated heterocycles. The van der Waals surface area contributed by atoms with Gasteiger partial charge in [0, 0.05) is 19.6 Å². The van der Waals surface area contributed by atoms with E-state index >= 15 is 0 Å². The van der Waals surface area contributed by atoms with Crippen molar-refractivity contribution in [1.29, 1.82) is 0 Å². The van der Waals surface area contributed by atoms with Crippen LogP contribution in [-0.2, 0) is 6.42 Å². The standard InChI is InChI=1S/C18H21ClN2O2/c19-17-7-6-16(23-17)18(22)20-12-15-9-11-21(13-15)10-8-14-4-2-1-3-5-14/h1-7,15H,8-13H2,(H,20,22). The van der Waals surface area contributed by atoms with Crippen LogP contribution in [0.3, 0.4) is 0 Å². The Bertz CT molecular complexity index is 641. The number of halogens is 1. The molecule has 1 atom stereocenters. The molecule has 1 aliphatic heterocycles. The first kappa shape index (κ1) is 16.1. The average Bonchev–Trinajstić information content (AvgIpc) is 3.21. The van der Waals surface area contributed by atoms with Crippen LogP contribution in [0.15, 0.2) is 46.9 Å². The van der Waals surface area contributed by atoms with Crippen LogP contribution in [0.25, 0.3) is 0 Å². The molecular weight excluding hydrogens is 312 g/mol. The molecule has 1 aromatic heterocycles. The lowest BCUT2D eigenvalue weighted by Gasteiger charge is -2.16. The molecule has 1 N–H and O–H groups in total. The lowest BCUT2D eigenvalue weighted by molar-refractivity contribution is 0.0919. The fourth-order valence-electron chi connectivity index (χ4n) is 2.97. The van der Waals surface area contributed by atoms with Gasteiger partial charge in [-0.25, -0.2) is 0 Å². The molecule has 3 rings (SSSR count). The molecule has 0 bridgehead atoms. The molecule has 0 saturated carbocycles. The van der Waals surface area contributed by atoms with Crippen molar-refractivity contribution in [2.45, 2.75) is 12.8 Å². The Hall–Kier alpha value is -1.78. The number of hydrogen-bond acceptors (Lipinski definition) is 3. The van der Waals surface area contributed by atoms with Crippen molar-refractivity contribution in [2.24, 2.45) is 5.92 Å². The number of furan rings is 1. The minimum atomic E-state index is -0.195. The summed E-state index contributed by atoms with van der Waals surface area (Å²) in [5.74, 6) is 0.578. The average molecular weight is 333 g/mol. The van der Waals surface area contributed by atoms with Crippen molar-refractivity contribution in [3.63, 3.8) is 0 Å². The van der Waals surface area contributed by atoms with Crippen molar-refractivity contribution in [2.75, 3.05) is 26.2 Å². The Morgan fingerprint density at radius 1 is 1.26 bits per heavy atom. The van der Waals surface area contributed by atoms with E-state index in [1.165, 1.54) is 5.56 Å². The topological polar surface area (TPSA) is 45.5 Å². The maximum Gasteiger partial charge on any atom is 0.287 e. The number of nitrogens with one attached hydrogen (secondary N) is 1. The molecule has 0 spiro atoms. The molecular formula is C18H21ClN2O2. The molecule has 0 aliphatic carbocycles. The highest BCUT2D eigenvalue weighted by Crippen LogP contribution is 2.17. The number of likely N-dealkylation sites (tertiary alicyclic amines) is 1. The molecule has 1 amide bonds. The SMILES string of the molecule is O=C(NCC1CCN(CCc2ccccc2)C1)c1ccc(Cl)o1. The lowest BCUT2D eigenvalue weighted by Crippen LogP contribution is -2.31. The summed E-state index contributed by atoms with van der Waals surface area (Å²) in [7, 11) is 0. The summed E-state index contributed by atoms with van der Waals surface area (Å²) >= 11 is 5.68. The number of amides is 1. The van der Waals surface area contributed by atoms with Gasteiger partial charge in [-0.05, 0) is 54.6 Å². The van der Waals surface area contributed by atoms with E-state index in [0.29, 0.717) is 12.5 Å². The van der Waals surface area contributed by atoms with E-state index in [-0.39, 0.29) is 16.9 Å². The predicted octanol–water partition coefficient (Wildman–Crippen LogP) is 3.23. The van der Waals surface area contributed by atoms with Gasteiger partial charge in [0.2, 0.25) is 0 Å². The summed E-state index contributed by atoms with van der Waals surface area (Å²) in [5.41, 5.74) is 1.37. The minimum absolute atomic E-state index is 0.195. The fourth-order valence-corrected chi connectivity index (χ4v) is 3.12. The van der Waals surface area contributed by atoms with Gasteiger partial charge >= 0.3 is 0 Å². The van der Waals surface area contributed by atoms with Crippen molar-refractivity contribution in [1.82, 2.24) is 10.2 Å². The zero-order chi connectivity index (χ0) is 16.1. The molecule has 0 radical (unpaired) electrons. The highest BCUT2D eigenvalue weighted by atomic mass is 35.5. The molecule has 1 unspecified atom stereocenters. The van der Waals surface area contributed by atoms with Gasteiger partial charge in [0.15, 0.2) is 11.0 Å². The highest BCUT2D eigenvalue weighted by molar-refractivity contribution is 6.29.